The third-order valence-corrected chi connectivity index (χ3v) is 3.11. The second kappa shape index (κ2) is 6.18. The van der Waals surface area contributed by atoms with Crippen molar-refractivity contribution >= 4 is 18.1 Å². The summed E-state index contributed by atoms with van der Waals surface area (Å²) in [6.45, 7) is 9.82. The number of hydrogen-bond acceptors (Lipinski definition) is 2. The molecule has 0 aliphatic rings. The Bertz CT molecular complexity index is 454. The molecule has 0 saturated heterocycles. The van der Waals surface area contributed by atoms with Gasteiger partial charge < -0.3 is 14.9 Å². The molecule has 0 radical (unpaired) electrons. The van der Waals surface area contributed by atoms with E-state index >= 15 is 0 Å². The number of carbonyl (C=O) groups is 1. The molecule has 0 unspecified atom stereocenters. The molecule has 1 aromatic rings. The van der Waals surface area contributed by atoms with Crippen molar-refractivity contribution in [2.45, 2.75) is 52.5 Å². The number of rotatable bonds is 5. The van der Waals surface area contributed by atoms with Crippen molar-refractivity contribution in [1.29, 1.82) is 0 Å². The summed E-state index contributed by atoms with van der Waals surface area (Å²) < 4.78 is 2.70. The first-order valence-electron chi connectivity index (χ1n) is 6.41. The highest BCUT2D eigenvalue weighted by molar-refractivity contribution is 7.71. The molecular formula is C13H23N3OS. The van der Waals surface area contributed by atoms with E-state index < -0.39 is 0 Å². The van der Waals surface area contributed by atoms with Crippen molar-refractivity contribution < 1.29 is 4.79 Å². The van der Waals surface area contributed by atoms with E-state index in [9.17, 15) is 4.79 Å². The average molecular weight is 269 g/mol. The first-order chi connectivity index (χ1) is 8.36. The Morgan fingerprint density at radius 2 is 2.17 bits per heavy atom. The molecule has 0 spiro atoms. The van der Waals surface area contributed by atoms with Crippen molar-refractivity contribution in [3.05, 3.63) is 16.7 Å². The van der Waals surface area contributed by atoms with Gasteiger partial charge in [0.2, 0.25) is 5.91 Å². The highest BCUT2D eigenvalue weighted by Gasteiger charge is 2.19. The Morgan fingerprint density at radius 3 is 2.72 bits per heavy atom. The van der Waals surface area contributed by atoms with Crippen LogP contribution >= 0.6 is 12.2 Å². The number of nitrogens with one attached hydrogen (secondary N) is 2. The van der Waals surface area contributed by atoms with Crippen molar-refractivity contribution in [3.63, 3.8) is 0 Å². The highest BCUT2D eigenvalue weighted by Crippen LogP contribution is 2.22. The van der Waals surface area contributed by atoms with E-state index in [1.807, 2.05) is 17.7 Å². The Labute approximate surface area is 114 Å². The van der Waals surface area contributed by atoms with E-state index in [2.05, 4.69) is 31.1 Å². The topological polar surface area (TPSA) is 49.8 Å². The van der Waals surface area contributed by atoms with Crippen LogP contribution in [0.2, 0.25) is 0 Å². The van der Waals surface area contributed by atoms with Crippen LogP contribution in [-0.2, 0) is 16.8 Å². The van der Waals surface area contributed by atoms with Gasteiger partial charge in [-0.05, 0) is 18.6 Å². The monoisotopic (exact) mass is 269 g/mol. The molecule has 0 aliphatic heterocycles. The highest BCUT2D eigenvalue weighted by atomic mass is 32.1. The maximum atomic E-state index is 11.6. The lowest BCUT2D eigenvalue weighted by Gasteiger charge is -2.20. The van der Waals surface area contributed by atoms with Gasteiger partial charge in [-0.25, -0.2) is 0 Å². The Hall–Kier alpha value is -1.10. The maximum absolute atomic E-state index is 11.6. The number of nitrogens with zero attached hydrogens (tertiary/aromatic N) is 1. The Balaban J connectivity index is 2.70. The molecule has 102 valence electrons. The molecule has 1 aromatic heterocycles. The first kappa shape index (κ1) is 15.0. The molecular weight excluding hydrogens is 246 g/mol. The largest absolute Gasteiger partial charge is 0.356 e. The zero-order chi connectivity index (χ0) is 13.8. The summed E-state index contributed by atoms with van der Waals surface area (Å²) in [5.41, 5.74) is 1.16. The number of hydrogen-bond donors (Lipinski definition) is 2. The van der Waals surface area contributed by atoms with E-state index in [0.29, 0.717) is 17.7 Å². The van der Waals surface area contributed by atoms with Gasteiger partial charge in [0.1, 0.15) is 0 Å². The van der Waals surface area contributed by atoms with Crippen molar-refractivity contribution in [2.75, 3.05) is 6.54 Å². The van der Waals surface area contributed by atoms with Gasteiger partial charge in [0.05, 0.1) is 0 Å². The zero-order valence-electron chi connectivity index (χ0n) is 11.7. The van der Waals surface area contributed by atoms with Gasteiger partial charge in [0, 0.05) is 36.8 Å². The second-order valence-corrected chi connectivity index (χ2v) is 5.87. The summed E-state index contributed by atoms with van der Waals surface area (Å²) in [6.07, 6.45) is 3.37. The summed E-state index contributed by atoms with van der Waals surface area (Å²) in [7, 11) is 0. The van der Waals surface area contributed by atoms with Crippen LogP contribution in [0.5, 0.6) is 0 Å². The predicted octanol–water partition coefficient (Wildman–Crippen LogP) is 2.76. The van der Waals surface area contributed by atoms with Gasteiger partial charge in [-0.15, -0.1) is 0 Å². The van der Waals surface area contributed by atoms with Crippen molar-refractivity contribution in [1.82, 2.24) is 14.9 Å². The lowest BCUT2D eigenvalue weighted by Crippen LogP contribution is -2.26. The molecule has 0 bridgehead atoms. The third-order valence-electron chi connectivity index (χ3n) is 2.77. The van der Waals surface area contributed by atoms with Crippen LogP contribution < -0.4 is 5.32 Å². The molecule has 5 heteroatoms. The van der Waals surface area contributed by atoms with Crippen molar-refractivity contribution in [3.8, 4) is 0 Å². The Morgan fingerprint density at radius 1 is 1.50 bits per heavy atom. The van der Waals surface area contributed by atoms with Crippen LogP contribution in [0.4, 0.5) is 0 Å². The van der Waals surface area contributed by atoms with Crippen LogP contribution in [0.15, 0.2) is 6.20 Å². The summed E-state index contributed by atoms with van der Waals surface area (Å²) in [5.74, 6) is 0.0832. The molecule has 1 rings (SSSR count). The van der Waals surface area contributed by atoms with E-state index in [0.717, 1.165) is 18.7 Å². The molecule has 0 aliphatic carbocycles. The van der Waals surface area contributed by atoms with E-state index in [1.165, 1.54) is 0 Å². The summed E-state index contributed by atoms with van der Waals surface area (Å²) >= 11 is 5.26. The molecule has 18 heavy (non-hydrogen) atoms. The smallest absolute Gasteiger partial charge is 0.221 e. The summed E-state index contributed by atoms with van der Waals surface area (Å²) in [5, 5.41) is 2.88. The quantitative estimate of drug-likeness (QED) is 0.808. The number of aromatic nitrogens is 2. The van der Waals surface area contributed by atoms with E-state index in [1.54, 1.807) is 0 Å². The molecule has 2 N–H and O–H groups in total. The molecule has 1 heterocycles. The fourth-order valence-electron chi connectivity index (χ4n) is 1.80. The number of imidazole rings is 1. The minimum absolute atomic E-state index is 0.0213. The Kier molecular flexibility index (Phi) is 5.14. The van der Waals surface area contributed by atoms with E-state index in [4.69, 9.17) is 12.2 Å². The van der Waals surface area contributed by atoms with Crippen LogP contribution in [0.3, 0.4) is 0 Å². The lowest BCUT2D eigenvalue weighted by molar-refractivity contribution is -0.121. The minimum Gasteiger partial charge on any atom is -0.356 e. The van der Waals surface area contributed by atoms with Gasteiger partial charge in [-0.3, -0.25) is 4.79 Å². The normalized spacial score (nSPS) is 11.6. The number of carbonyl (C=O) groups excluding carboxylic acids is 1. The number of H-pyrrole nitrogens is 1. The van der Waals surface area contributed by atoms with E-state index in [-0.39, 0.29) is 11.3 Å². The summed E-state index contributed by atoms with van der Waals surface area (Å²) in [4.78, 5) is 14.7. The molecule has 0 saturated carbocycles. The average Bonchev–Trinajstić information content (AvgIpc) is 2.65. The molecule has 1 amide bonds. The van der Waals surface area contributed by atoms with Crippen LogP contribution in [-0.4, -0.2) is 22.0 Å². The standard InChI is InChI=1S/C13H23N3OS/c1-5-7-14-11(17)6-8-16-10(13(2,3)4)9-15-12(16)18/h9H,5-8H2,1-4H3,(H,14,17)(H,15,18). The molecule has 4 nitrogen and oxygen atoms in total. The van der Waals surface area contributed by atoms with Gasteiger partial charge in [0.25, 0.3) is 0 Å². The minimum atomic E-state index is 0.0213. The van der Waals surface area contributed by atoms with Gasteiger partial charge in [-0.1, -0.05) is 27.7 Å². The number of amides is 1. The fourth-order valence-corrected chi connectivity index (χ4v) is 2.05. The molecule has 0 aromatic carbocycles. The maximum Gasteiger partial charge on any atom is 0.221 e. The second-order valence-electron chi connectivity index (χ2n) is 5.48. The SMILES string of the molecule is CCCNC(=O)CCn1c(C(C)(C)C)c[nH]c1=S. The van der Waals surface area contributed by atoms with Crippen molar-refractivity contribution in [2.24, 2.45) is 0 Å². The fraction of sp³-hybridized carbons (Fsp3) is 0.692. The predicted molar refractivity (Wildman–Crippen MR) is 76.2 cm³/mol. The molecule has 0 atom stereocenters. The molecule has 0 fully saturated rings. The van der Waals surface area contributed by atoms with Crippen LogP contribution in [0, 0.1) is 4.77 Å². The third kappa shape index (κ3) is 3.98. The van der Waals surface area contributed by atoms with Gasteiger partial charge >= 0.3 is 0 Å². The lowest BCUT2D eigenvalue weighted by atomic mass is 9.92. The summed E-state index contributed by atoms with van der Waals surface area (Å²) in [6, 6.07) is 0. The zero-order valence-corrected chi connectivity index (χ0v) is 12.5. The van der Waals surface area contributed by atoms with Crippen LogP contribution in [0.1, 0.15) is 46.2 Å². The van der Waals surface area contributed by atoms with Gasteiger partial charge in [0.15, 0.2) is 4.77 Å². The van der Waals surface area contributed by atoms with Crippen LogP contribution in [0.25, 0.3) is 0 Å². The first-order valence-corrected chi connectivity index (χ1v) is 6.82. The van der Waals surface area contributed by atoms with Gasteiger partial charge in [-0.2, -0.15) is 0 Å². The number of aromatic amines is 1.